The summed E-state index contributed by atoms with van der Waals surface area (Å²) in [6.45, 7) is 3.34. The largest absolute Gasteiger partial charge is 0.377 e. The van der Waals surface area contributed by atoms with Gasteiger partial charge >= 0.3 is 7.60 Å². The van der Waals surface area contributed by atoms with Crippen molar-refractivity contribution in [1.82, 2.24) is 4.31 Å². The minimum Gasteiger partial charge on any atom is -0.377 e. The first-order valence-electron chi connectivity index (χ1n) is 7.63. The second-order valence-electron chi connectivity index (χ2n) is 6.08. The van der Waals surface area contributed by atoms with Gasteiger partial charge in [-0.25, -0.2) is 8.42 Å². The fourth-order valence-corrected chi connectivity index (χ4v) is 6.80. The molecule has 136 valence electrons. The third-order valence-electron chi connectivity index (χ3n) is 4.64. The van der Waals surface area contributed by atoms with Crippen molar-refractivity contribution in [3.63, 3.8) is 0 Å². The molecule has 24 heavy (non-hydrogen) atoms. The zero-order valence-electron chi connectivity index (χ0n) is 14.2. The summed E-state index contributed by atoms with van der Waals surface area (Å²) in [5, 5.41) is 9.21. The number of hydrogen-bond acceptors (Lipinski definition) is 6. The Morgan fingerprint density at radius 2 is 1.75 bits per heavy atom. The summed E-state index contributed by atoms with van der Waals surface area (Å²) in [7, 11) is -5.05. The maximum absolute atomic E-state index is 12.9. The van der Waals surface area contributed by atoms with Gasteiger partial charge in [0, 0.05) is 39.1 Å². The van der Waals surface area contributed by atoms with E-state index in [0.29, 0.717) is 0 Å². The highest BCUT2D eigenvalue weighted by Gasteiger charge is 2.57. The first-order chi connectivity index (χ1) is 11.1. The molecule has 1 N–H and O–H groups in total. The maximum Gasteiger partial charge on any atom is 0.361 e. The van der Waals surface area contributed by atoms with Gasteiger partial charge in [0.15, 0.2) is 5.34 Å². The predicted octanol–water partition coefficient (Wildman–Crippen LogP) is 2.28. The Kier molecular flexibility index (Phi) is 5.59. The molecular weight excluding hydrogens is 353 g/mol. The van der Waals surface area contributed by atoms with E-state index in [-0.39, 0.29) is 17.9 Å². The first kappa shape index (κ1) is 19.6. The Morgan fingerprint density at radius 1 is 1.21 bits per heavy atom. The lowest BCUT2D eigenvalue weighted by molar-refractivity contribution is -0.0225. The zero-order chi connectivity index (χ0) is 18.2. The number of nitrogens with zero attached hydrogens (tertiary/aromatic N) is 1. The van der Waals surface area contributed by atoms with Crippen molar-refractivity contribution in [2.24, 2.45) is 5.92 Å². The van der Waals surface area contributed by atoms with Crippen molar-refractivity contribution in [2.75, 3.05) is 20.8 Å². The standard InChI is InChI=1S/C15H24NO6PS/c1-12-11-16(24(19,20)14-8-6-5-7-9-14)13(2)10-15(12,17)23(18,21-3)22-4/h5-9,12-13,17H,10-11H2,1-4H3/t12-,13-,15+/m1/s1. The second kappa shape index (κ2) is 6.86. The van der Waals surface area contributed by atoms with Crippen LogP contribution in [0.3, 0.4) is 0 Å². The summed E-state index contributed by atoms with van der Waals surface area (Å²) in [6, 6.07) is 7.56. The number of aliphatic hydroxyl groups is 1. The number of benzene rings is 1. The van der Waals surface area contributed by atoms with E-state index in [9.17, 15) is 18.1 Å². The van der Waals surface area contributed by atoms with Crippen LogP contribution in [0.4, 0.5) is 0 Å². The Hall–Kier alpha value is -0.760. The average Bonchev–Trinajstić information content (AvgIpc) is 2.57. The molecule has 0 aliphatic carbocycles. The van der Waals surface area contributed by atoms with E-state index in [1.807, 2.05) is 0 Å². The lowest BCUT2D eigenvalue weighted by atomic mass is 9.93. The molecule has 0 bridgehead atoms. The lowest BCUT2D eigenvalue weighted by Crippen LogP contribution is -2.56. The van der Waals surface area contributed by atoms with Crippen LogP contribution in [0.25, 0.3) is 0 Å². The molecule has 9 heteroatoms. The Labute approximate surface area is 143 Å². The normalized spacial score (nSPS) is 29.5. The molecule has 0 spiro atoms. The van der Waals surface area contributed by atoms with Crippen LogP contribution in [0.2, 0.25) is 0 Å². The molecule has 1 heterocycles. The van der Waals surface area contributed by atoms with E-state index in [0.717, 1.165) is 0 Å². The van der Waals surface area contributed by atoms with E-state index in [1.165, 1.54) is 30.7 Å². The van der Waals surface area contributed by atoms with Gasteiger partial charge in [0.1, 0.15) is 0 Å². The van der Waals surface area contributed by atoms with E-state index < -0.39 is 34.9 Å². The van der Waals surface area contributed by atoms with E-state index in [4.69, 9.17) is 9.05 Å². The maximum atomic E-state index is 12.9. The molecule has 0 amide bonds. The zero-order valence-corrected chi connectivity index (χ0v) is 16.0. The number of piperidine rings is 1. The molecule has 1 aliphatic heterocycles. The monoisotopic (exact) mass is 377 g/mol. The Morgan fingerprint density at radius 3 is 2.25 bits per heavy atom. The third-order valence-corrected chi connectivity index (χ3v) is 9.16. The van der Waals surface area contributed by atoms with E-state index in [1.54, 1.807) is 32.0 Å². The molecule has 0 unspecified atom stereocenters. The molecule has 0 radical (unpaired) electrons. The van der Waals surface area contributed by atoms with Crippen molar-refractivity contribution in [3.05, 3.63) is 30.3 Å². The van der Waals surface area contributed by atoms with Crippen molar-refractivity contribution >= 4 is 17.6 Å². The van der Waals surface area contributed by atoms with Crippen molar-refractivity contribution in [1.29, 1.82) is 0 Å². The van der Waals surface area contributed by atoms with Gasteiger partial charge in [-0.3, -0.25) is 4.57 Å². The smallest absolute Gasteiger partial charge is 0.361 e. The quantitative estimate of drug-likeness (QED) is 0.792. The van der Waals surface area contributed by atoms with E-state index >= 15 is 0 Å². The topological polar surface area (TPSA) is 93.1 Å². The summed E-state index contributed by atoms with van der Waals surface area (Å²) < 4.78 is 49.7. The van der Waals surface area contributed by atoms with Crippen LogP contribution >= 0.6 is 7.60 Å². The summed E-state index contributed by atoms with van der Waals surface area (Å²) in [4.78, 5) is 0.191. The van der Waals surface area contributed by atoms with Gasteiger partial charge in [0.25, 0.3) is 0 Å². The predicted molar refractivity (Wildman–Crippen MR) is 90.2 cm³/mol. The van der Waals surface area contributed by atoms with Gasteiger partial charge in [-0.15, -0.1) is 0 Å². The molecule has 7 nitrogen and oxygen atoms in total. The van der Waals surface area contributed by atoms with Crippen LogP contribution < -0.4 is 0 Å². The minimum absolute atomic E-state index is 0.0194. The molecule has 1 saturated heterocycles. The summed E-state index contributed by atoms with van der Waals surface area (Å²) in [6.07, 6.45) is -0.0425. The number of hydrogen-bond donors (Lipinski definition) is 1. The minimum atomic E-state index is -3.78. The average molecular weight is 377 g/mol. The van der Waals surface area contributed by atoms with Gasteiger partial charge < -0.3 is 14.2 Å². The van der Waals surface area contributed by atoms with Gasteiger partial charge in [-0.1, -0.05) is 25.1 Å². The first-order valence-corrected chi connectivity index (χ1v) is 10.6. The van der Waals surface area contributed by atoms with Crippen molar-refractivity contribution in [3.8, 4) is 0 Å². The van der Waals surface area contributed by atoms with E-state index in [2.05, 4.69) is 0 Å². The van der Waals surface area contributed by atoms with Crippen LogP contribution in [-0.4, -0.2) is 50.0 Å². The van der Waals surface area contributed by atoms with Crippen molar-refractivity contribution < 1.29 is 27.1 Å². The van der Waals surface area contributed by atoms with Crippen LogP contribution in [0.5, 0.6) is 0 Å². The lowest BCUT2D eigenvalue weighted by Gasteiger charge is -2.47. The molecule has 3 atom stereocenters. The van der Waals surface area contributed by atoms with Crippen LogP contribution in [0, 0.1) is 5.92 Å². The van der Waals surface area contributed by atoms with Gasteiger partial charge in [-0.05, 0) is 19.1 Å². The molecular formula is C15H24NO6PS. The van der Waals surface area contributed by atoms with Crippen LogP contribution in [-0.2, 0) is 23.6 Å². The molecule has 0 aromatic heterocycles. The van der Waals surface area contributed by atoms with Gasteiger partial charge in [-0.2, -0.15) is 4.31 Å². The summed E-state index contributed by atoms with van der Waals surface area (Å²) >= 11 is 0. The molecule has 1 aromatic carbocycles. The van der Waals surface area contributed by atoms with Gasteiger partial charge in [0.2, 0.25) is 10.0 Å². The highest BCUT2D eigenvalue weighted by atomic mass is 32.2. The number of rotatable bonds is 5. The molecule has 1 aromatic rings. The molecule has 1 aliphatic rings. The summed E-state index contributed by atoms with van der Waals surface area (Å²) in [5.41, 5.74) is 0. The van der Waals surface area contributed by atoms with Crippen LogP contribution in [0.1, 0.15) is 20.3 Å². The molecule has 1 fully saturated rings. The van der Waals surface area contributed by atoms with Crippen LogP contribution in [0.15, 0.2) is 35.2 Å². The SMILES string of the molecule is COP(=O)(OC)[C@@]1(O)C[C@@H](C)N(S(=O)(=O)c2ccccc2)C[C@H]1C. The third kappa shape index (κ3) is 3.07. The second-order valence-corrected chi connectivity index (χ2v) is 10.5. The fourth-order valence-electron chi connectivity index (χ4n) is 3.17. The summed E-state index contributed by atoms with van der Waals surface area (Å²) in [5.74, 6) is -0.627. The Bertz CT molecular complexity index is 717. The molecule has 0 saturated carbocycles. The van der Waals surface area contributed by atoms with Gasteiger partial charge in [0.05, 0.1) is 4.90 Å². The highest BCUT2D eigenvalue weighted by Crippen LogP contribution is 2.64. The van der Waals surface area contributed by atoms with Crippen molar-refractivity contribution in [2.45, 2.75) is 36.5 Å². The number of sulfonamides is 1. The fraction of sp³-hybridized carbons (Fsp3) is 0.600. The highest BCUT2D eigenvalue weighted by molar-refractivity contribution is 7.89. The molecule has 2 rings (SSSR count). The Balaban J connectivity index is 2.37.